The Morgan fingerprint density at radius 1 is 0.926 bits per heavy atom. The number of unbranched alkanes of at least 4 members (excludes halogenated alkanes) is 1. The number of aryl methyl sites for hydroxylation is 1. The Bertz CT molecular complexity index is 633. The van der Waals surface area contributed by atoms with Crippen molar-refractivity contribution in [1.82, 2.24) is 0 Å². The van der Waals surface area contributed by atoms with Crippen LogP contribution >= 0.6 is 0 Å². The molecule has 1 aromatic carbocycles. The number of hydrogen-bond donors (Lipinski definition) is 0. The summed E-state index contributed by atoms with van der Waals surface area (Å²) in [6.07, 6.45) is 17.1. The van der Waals surface area contributed by atoms with E-state index < -0.39 is 0 Å². The molecule has 0 amide bonds. The van der Waals surface area contributed by atoms with E-state index >= 15 is 0 Å². The lowest BCUT2D eigenvalue weighted by molar-refractivity contribution is 0.113. The van der Waals surface area contributed by atoms with Crippen molar-refractivity contribution in [3.8, 4) is 0 Å². The molecular weight excluding hydrogens is 331 g/mol. The van der Waals surface area contributed by atoms with Gasteiger partial charge in [0.15, 0.2) is 0 Å². The van der Waals surface area contributed by atoms with Crippen LogP contribution in [-0.2, 0) is 12.8 Å². The summed E-state index contributed by atoms with van der Waals surface area (Å²) in [5, 5.41) is 0. The number of fused-ring (bicyclic) bond motifs is 2. The highest BCUT2D eigenvalue weighted by atomic mass is 19.1. The summed E-state index contributed by atoms with van der Waals surface area (Å²) in [6, 6.07) is 4.33. The zero-order valence-corrected chi connectivity index (χ0v) is 17.6. The lowest BCUT2D eigenvalue weighted by Gasteiger charge is -2.42. The van der Waals surface area contributed by atoms with Gasteiger partial charge in [-0.05, 0) is 104 Å². The second-order valence-corrected chi connectivity index (χ2v) is 10.0. The van der Waals surface area contributed by atoms with Crippen molar-refractivity contribution < 1.29 is 4.39 Å². The Labute approximate surface area is 166 Å². The molecule has 0 N–H and O–H groups in total. The highest BCUT2D eigenvalue weighted by Crippen LogP contribution is 2.49. The summed E-state index contributed by atoms with van der Waals surface area (Å²) in [4.78, 5) is 0. The summed E-state index contributed by atoms with van der Waals surface area (Å²) in [5.41, 5.74) is 3.70. The van der Waals surface area contributed by atoms with Crippen LogP contribution in [0.15, 0.2) is 12.1 Å². The molecule has 0 saturated heterocycles. The van der Waals surface area contributed by atoms with E-state index in [0.29, 0.717) is 11.8 Å². The van der Waals surface area contributed by atoms with E-state index in [0.717, 1.165) is 36.2 Å². The van der Waals surface area contributed by atoms with E-state index in [-0.39, 0.29) is 5.82 Å². The van der Waals surface area contributed by atoms with Crippen LogP contribution < -0.4 is 0 Å². The van der Waals surface area contributed by atoms with E-state index in [9.17, 15) is 4.39 Å². The van der Waals surface area contributed by atoms with Crippen LogP contribution in [-0.4, -0.2) is 0 Å². The Morgan fingerprint density at radius 2 is 1.74 bits per heavy atom. The molecule has 27 heavy (non-hydrogen) atoms. The molecule has 4 rings (SSSR count). The first kappa shape index (κ1) is 19.5. The molecule has 3 aliphatic carbocycles. The lowest BCUT2D eigenvalue weighted by atomic mass is 9.63. The molecule has 0 aliphatic heterocycles. The molecule has 0 nitrogen and oxygen atoms in total. The normalized spacial score (nSPS) is 33.4. The SMILES string of the molecule is CCCCC1CCC2CC(c3cc(F)c4c(c3)CCC(CC)C4)CCC2C1. The van der Waals surface area contributed by atoms with Gasteiger partial charge in [-0.2, -0.15) is 0 Å². The molecule has 5 atom stereocenters. The standard InChI is InChI=1S/C26H39F/c1-3-5-6-19-8-9-21-15-22(12-11-20(21)13-19)24-16-23-10-7-18(4-2)14-25(23)26(27)17-24/h16-22H,3-15H2,1-2H3. The van der Waals surface area contributed by atoms with Gasteiger partial charge >= 0.3 is 0 Å². The molecule has 1 aromatic rings. The van der Waals surface area contributed by atoms with Crippen molar-refractivity contribution in [2.24, 2.45) is 23.7 Å². The fraction of sp³-hybridized carbons (Fsp3) is 0.769. The molecule has 0 heterocycles. The summed E-state index contributed by atoms with van der Waals surface area (Å²) < 4.78 is 14.9. The molecule has 0 bridgehead atoms. The Balaban J connectivity index is 1.42. The highest BCUT2D eigenvalue weighted by Gasteiger charge is 2.36. The van der Waals surface area contributed by atoms with E-state index in [1.807, 2.05) is 6.07 Å². The van der Waals surface area contributed by atoms with Crippen LogP contribution in [0.3, 0.4) is 0 Å². The average molecular weight is 371 g/mol. The summed E-state index contributed by atoms with van der Waals surface area (Å²) in [6.45, 7) is 4.56. The minimum Gasteiger partial charge on any atom is -0.207 e. The summed E-state index contributed by atoms with van der Waals surface area (Å²) in [5.74, 6) is 4.27. The van der Waals surface area contributed by atoms with Gasteiger partial charge < -0.3 is 0 Å². The van der Waals surface area contributed by atoms with Crippen LogP contribution in [0.25, 0.3) is 0 Å². The molecule has 150 valence electrons. The van der Waals surface area contributed by atoms with Gasteiger partial charge in [0, 0.05) is 0 Å². The molecule has 1 heteroatoms. The Hall–Kier alpha value is -0.850. The van der Waals surface area contributed by atoms with Crippen LogP contribution in [0.5, 0.6) is 0 Å². The van der Waals surface area contributed by atoms with E-state index in [1.54, 1.807) is 0 Å². The summed E-state index contributed by atoms with van der Waals surface area (Å²) in [7, 11) is 0. The van der Waals surface area contributed by atoms with Crippen LogP contribution in [0.1, 0.15) is 107 Å². The zero-order valence-electron chi connectivity index (χ0n) is 17.6. The van der Waals surface area contributed by atoms with Gasteiger partial charge in [0.2, 0.25) is 0 Å². The van der Waals surface area contributed by atoms with Gasteiger partial charge in [-0.25, -0.2) is 4.39 Å². The van der Waals surface area contributed by atoms with E-state index in [4.69, 9.17) is 0 Å². The minimum absolute atomic E-state index is 0.103. The number of halogens is 1. The molecule has 2 saturated carbocycles. The van der Waals surface area contributed by atoms with Gasteiger partial charge in [-0.3, -0.25) is 0 Å². The average Bonchev–Trinajstić information content (AvgIpc) is 2.71. The first-order chi connectivity index (χ1) is 13.2. The monoisotopic (exact) mass is 370 g/mol. The van der Waals surface area contributed by atoms with Crippen molar-refractivity contribution in [1.29, 1.82) is 0 Å². The predicted molar refractivity (Wildman–Crippen MR) is 113 cm³/mol. The fourth-order valence-corrected chi connectivity index (χ4v) is 6.55. The fourth-order valence-electron chi connectivity index (χ4n) is 6.55. The van der Waals surface area contributed by atoms with Crippen LogP contribution in [0.2, 0.25) is 0 Å². The van der Waals surface area contributed by atoms with Gasteiger partial charge in [-0.1, -0.05) is 52.0 Å². The van der Waals surface area contributed by atoms with Crippen molar-refractivity contribution in [2.45, 2.75) is 103 Å². The van der Waals surface area contributed by atoms with Crippen molar-refractivity contribution in [3.05, 3.63) is 34.6 Å². The second kappa shape index (κ2) is 8.66. The maximum Gasteiger partial charge on any atom is 0.126 e. The third kappa shape index (κ3) is 4.28. The quantitative estimate of drug-likeness (QED) is 0.495. The molecule has 5 unspecified atom stereocenters. The van der Waals surface area contributed by atoms with Crippen molar-refractivity contribution in [3.63, 3.8) is 0 Å². The molecule has 3 aliphatic rings. The van der Waals surface area contributed by atoms with Gasteiger partial charge in [0.1, 0.15) is 5.82 Å². The molecule has 0 spiro atoms. The Morgan fingerprint density at radius 3 is 2.56 bits per heavy atom. The predicted octanol–water partition coefficient (Wildman–Crippen LogP) is 7.83. The number of rotatable bonds is 5. The molecule has 0 radical (unpaired) electrons. The first-order valence-corrected chi connectivity index (χ1v) is 12.0. The van der Waals surface area contributed by atoms with E-state index in [2.05, 4.69) is 19.9 Å². The largest absolute Gasteiger partial charge is 0.207 e. The van der Waals surface area contributed by atoms with Crippen molar-refractivity contribution in [2.75, 3.05) is 0 Å². The van der Waals surface area contributed by atoms with Crippen LogP contribution in [0.4, 0.5) is 4.39 Å². The van der Waals surface area contributed by atoms with Gasteiger partial charge in [0.25, 0.3) is 0 Å². The van der Waals surface area contributed by atoms with Gasteiger partial charge in [0.05, 0.1) is 0 Å². The molecular formula is C26H39F. The molecule has 2 fully saturated rings. The van der Waals surface area contributed by atoms with Crippen molar-refractivity contribution >= 4 is 0 Å². The van der Waals surface area contributed by atoms with E-state index in [1.165, 1.54) is 81.8 Å². The topological polar surface area (TPSA) is 0 Å². The number of hydrogen-bond acceptors (Lipinski definition) is 0. The third-order valence-corrected chi connectivity index (χ3v) is 8.36. The highest BCUT2D eigenvalue weighted by molar-refractivity contribution is 5.37. The van der Waals surface area contributed by atoms with Crippen LogP contribution in [0, 0.1) is 29.5 Å². The Kier molecular flexibility index (Phi) is 6.25. The minimum atomic E-state index is 0.103. The third-order valence-electron chi connectivity index (χ3n) is 8.36. The summed E-state index contributed by atoms with van der Waals surface area (Å²) >= 11 is 0. The number of benzene rings is 1. The van der Waals surface area contributed by atoms with Gasteiger partial charge in [-0.15, -0.1) is 0 Å². The second-order valence-electron chi connectivity index (χ2n) is 10.0. The maximum absolute atomic E-state index is 14.9. The smallest absolute Gasteiger partial charge is 0.126 e. The maximum atomic E-state index is 14.9. The molecule has 0 aromatic heterocycles. The lowest BCUT2D eigenvalue weighted by Crippen LogP contribution is -2.30. The first-order valence-electron chi connectivity index (χ1n) is 12.0. The zero-order chi connectivity index (χ0) is 18.8.